The zero-order chi connectivity index (χ0) is 8.97. The molecule has 0 atom stereocenters. The summed E-state index contributed by atoms with van der Waals surface area (Å²) in [6.07, 6.45) is 3.50. The van der Waals surface area contributed by atoms with Crippen LogP contribution in [-0.2, 0) is 0 Å². The Morgan fingerprint density at radius 2 is 2.08 bits per heavy atom. The van der Waals surface area contributed by atoms with Crippen LogP contribution in [0.2, 0.25) is 0 Å². The van der Waals surface area contributed by atoms with E-state index in [1.165, 1.54) is 11.8 Å². The lowest BCUT2D eigenvalue weighted by Crippen LogP contribution is -1.96. The first kappa shape index (κ1) is 9.12. The summed E-state index contributed by atoms with van der Waals surface area (Å²) < 4.78 is 9.97. The van der Waals surface area contributed by atoms with Gasteiger partial charge in [-0.3, -0.25) is 0 Å². The monoisotopic (exact) mass is 186 g/mol. The molecule has 66 valence electrons. The first-order valence-electron chi connectivity index (χ1n) is 3.30. The largest absolute Gasteiger partial charge is 0.490 e. The summed E-state index contributed by atoms with van der Waals surface area (Å²) in [6, 6.07) is 0. The predicted molar refractivity (Wildman–Crippen MR) is 46.9 cm³/mol. The highest BCUT2D eigenvalue weighted by Gasteiger charge is 2.06. The van der Waals surface area contributed by atoms with Crippen LogP contribution in [0.3, 0.4) is 0 Å². The number of nitrogens with zero attached hydrogens (tertiary/aromatic N) is 2. The number of methoxy groups -OCH3 is 2. The van der Waals surface area contributed by atoms with Crippen LogP contribution >= 0.6 is 11.8 Å². The van der Waals surface area contributed by atoms with Crippen molar-refractivity contribution in [1.29, 1.82) is 0 Å². The molecular weight excluding hydrogens is 176 g/mol. The zero-order valence-corrected chi connectivity index (χ0v) is 8.01. The SMILES string of the molecule is COc1cnc(SC)nc1OC. The molecule has 0 aliphatic carbocycles. The summed E-state index contributed by atoms with van der Waals surface area (Å²) in [7, 11) is 3.11. The number of hydrogen-bond acceptors (Lipinski definition) is 5. The fourth-order valence-electron chi connectivity index (χ4n) is 0.724. The Morgan fingerprint density at radius 3 is 2.58 bits per heavy atom. The standard InChI is InChI=1S/C7H10N2O2S/c1-10-5-4-8-7(12-3)9-6(5)11-2/h4H,1-3H3. The molecule has 1 aromatic heterocycles. The highest BCUT2D eigenvalue weighted by molar-refractivity contribution is 7.98. The van der Waals surface area contributed by atoms with Gasteiger partial charge in [0.05, 0.1) is 20.4 Å². The Bertz CT molecular complexity index is 268. The number of ether oxygens (including phenoxy) is 2. The zero-order valence-electron chi connectivity index (χ0n) is 7.20. The van der Waals surface area contributed by atoms with Crippen molar-refractivity contribution >= 4 is 11.8 Å². The van der Waals surface area contributed by atoms with Gasteiger partial charge in [0, 0.05) is 0 Å². The number of thioether (sulfide) groups is 1. The maximum absolute atomic E-state index is 4.99. The van der Waals surface area contributed by atoms with Gasteiger partial charge in [-0.25, -0.2) is 4.98 Å². The highest BCUT2D eigenvalue weighted by atomic mass is 32.2. The smallest absolute Gasteiger partial charge is 0.260 e. The van der Waals surface area contributed by atoms with Crippen LogP contribution in [0.15, 0.2) is 11.4 Å². The molecule has 5 heteroatoms. The fourth-order valence-corrected chi connectivity index (χ4v) is 1.06. The van der Waals surface area contributed by atoms with E-state index in [-0.39, 0.29) is 0 Å². The van der Waals surface area contributed by atoms with Crippen LogP contribution in [0.1, 0.15) is 0 Å². The third kappa shape index (κ3) is 1.79. The Hall–Kier alpha value is -0.970. The summed E-state index contributed by atoms with van der Waals surface area (Å²) >= 11 is 1.46. The lowest BCUT2D eigenvalue weighted by molar-refractivity contribution is 0.337. The summed E-state index contributed by atoms with van der Waals surface area (Å²) in [5.41, 5.74) is 0. The summed E-state index contributed by atoms with van der Waals surface area (Å²) in [4.78, 5) is 8.11. The molecule has 1 heterocycles. The molecule has 0 aromatic carbocycles. The summed E-state index contributed by atoms with van der Waals surface area (Å²) in [6.45, 7) is 0. The van der Waals surface area contributed by atoms with E-state index in [0.717, 1.165) is 0 Å². The molecule has 0 saturated carbocycles. The molecule has 0 fully saturated rings. The predicted octanol–water partition coefficient (Wildman–Crippen LogP) is 1.22. The summed E-state index contributed by atoms with van der Waals surface area (Å²) in [5.74, 6) is 1.02. The van der Waals surface area contributed by atoms with Crippen molar-refractivity contribution in [2.24, 2.45) is 0 Å². The average molecular weight is 186 g/mol. The number of rotatable bonds is 3. The van der Waals surface area contributed by atoms with Gasteiger partial charge in [-0.15, -0.1) is 0 Å². The lowest BCUT2D eigenvalue weighted by Gasteiger charge is -2.05. The van der Waals surface area contributed by atoms with Gasteiger partial charge in [0.15, 0.2) is 10.9 Å². The maximum atomic E-state index is 4.99. The van der Waals surface area contributed by atoms with E-state index < -0.39 is 0 Å². The molecule has 4 nitrogen and oxygen atoms in total. The van der Waals surface area contributed by atoms with Gasteiger partial charge in [-0.1, -0.05) is 11.8 Å². The topological polar surface area (TPSA) is 44.2 Å². The first-order valence-corrected chi connectivity index (χ1v) is 4.53. The van der Waals surface area contributed by atoms with Gasteiger partial charge >= 0.3 is 0 Å². The molecule has 12 heavy (non-hydrogen) atoms. The molecule has 0 spiro atoms. The van der Waals surface area contributed by atoms with Crippen molar-refractivity contribution in [1.82, 2.24) is 9.97 Å². The molecule has 0 aliphatic heterocycles. The van der Waals surface area contributed by atoms with Crippen LogP contribution in [0.25, 0.3) is 0 Å². The van der Waals surface area contributed by atoms with Gasteiger partial charge in [-0.05, 0) is 6.26 Å². The molecule has 1 aromatic rings. The highest BCUT2D eigenvalue weighted by Crippen LogP contribution is 2.24. The third-order valence-electron chi connectivity index (χ3n) is 1.30. The van der Waals surface area contributed by atoms with Crippen LogP contribution in [0.5, 0.6) is 11.6 Å². The first-order chi connectivity index (χ1) is 5.81. The van der Waals surface area contributed by atoms with Gasteiger partial charge in [-0.2, -0.15) is 4.98 Å². The minimum absolute atomic E-state index is 0.469. The number of hydrogen-bond donors (Lipinski definition) is 0. The fraction of sp³-hybridized carbons (Fsp3) is 0.429. The second-order valence-electron chi connectivity index (χ2n) is 1.93. The Morgan fingerprint density at radius 1 is 1.33 bits per heavy atom. The van der Waals surface area contributed by atoms with E-state index in [1.807, 2.05) is 6.26 Å². The van der Waals surface area contributed by atoms with Crippen LogP contribution in [0.4, 0.5) is 0 Å². The van der Waals surface area contributed by atoms with Crippen molar-refractivity contribution in [2.45, 2.75) is 5.16 Å². The molecule has 0 aliphatic rings. The van der Waals surface area contributed by atoms with E-state index in [4.69, 9.17) is 9.47 Å². The second kappa shape index (κ2) is 4.15. The van der Waals surface area contributed by atoms with Gasteiger partial charge in [0.2, 0.25) is 0 Å². The Balaban J connectivity index is 3.02. The summed E-state index contributed by atoms with van der Waals surface area (Å²) in [5, 5.41) is 0.674. The van der Waals surface area contributed by atoms with Gasteiger partial charge in [0.1, 0.15) is 0 Å². The lowest BCUT2D eigenvalue weighted by atomic mass is 10.6. The second-order valence-corrected chi connectivity index (χ2v) is 2.71. The van der Waals surface area contributed by atoms with Crippen molar-refractivity contribution in [3.8, 4) is 11.6 Å². The minimum Gasteiger partial charge on any atom is -0.490 e. The molecule has 0 unspecified atom stereocenters. The van der Waals surface area contributed by atoms with Crippen molar-refractivity contribution in [3.63, 3.8) is 0 Å². The van der Waals surface area contributed by atoms with Crippen molar-refractivity contribution in [2.75, 3.05) is 20.5 Å². The Labute approximate surface area is 75.3 Å². The van der Waals surface area contributed by atoms with Crippen LogP contribution < -0.4 is 9.47 Å². The van der Waals surface area contributed by atoms with E-state index in [1.54, 1.807) is 20.4 Å². The van der Waals surface area contributed by atoms with Crippen molar-refractivity contribution < 1.29 is 9.47 Å². The van der Waals surface area contributed by atoms with Gasteiger partial charge in [0.25, 0.3) is 5.88 Å². The quantitative estimate of drug-likeness (QED) is 0.524. The normalized spacial score (nSPS) is 9.58. The average Bonchev–Trinajstić information content (AvgIpc) is 2.16. The van der Waals surface area contributed by atoms with E-state index in [2.05, 4.69) is 9.97 Å². The van der Waals surface area contributed by atoms with E-state index in [0.29, 0.717) is 16.8 Å². The molecule has 0 bridgehead atoms. The maximum Gasteiger partial charge on any atom is 0.260 e. The Kier molecular flexibility index (Phi) is 3.16. The van der Waals surface area contributed by atoms with Gasteiger partial charge < -0.3 is 9.47 Å². The molecular formula is C7H10N2O2S. The molecule has 0 saturated heterocycles. The molecule has 0 N–H and O–H groups in total. The third-order valence-corrected chi connectivity index (χ3v) is 1.86. The molecule has 0 amide bonds. The van der Waals surface area contributed by atoms with E-state index in [9.17, 15) is 0 Å². The van der Waals surface area contributed by atoms with Crippen LogP contribution in [0, 0.1) is 0 Å². The van der Waals surface area contributed by atoms with E-state index >= 15 is 0 Å². The molecule has 1 rings (SSSR count). The molecule has 0 radical (unpaired) electrons. The van der Waals surface area contributed by atoms with Crippen molar-refractivity contribution in [3.05, 3.63) is 6.20 Å². The number of aromatic nitrogens is 2. The minimum atomic E-state index is 0.469. The van der Waals surface area contributed by atoms with Crippen LogP contribution in [-0.4, -0.2) is 30.4 Å².